The average Bonchev–Trinajstić information content (AvgIpc) is 3.19. The molecule has 130 valence electrons. The van der Waals surface area contributed by atoms with Gasteiger partial charge in [-0.05, 0) is 12.1 Å². The normalized spacial score (nSPS) is 10.8. The number of hydrogen-bond donors (Lipinski definition) is 0. The molecule has 2 heterocycles. The predicted octanol–water partition coefficient (Wildman–Crippen LogP) is 3.21. The first-order chi connectivity index (χ1) is 12.2. The maximum Gasteiger partial charge on any atom is 0.192 e. The van der Waals surface area contributed by atoms with Crippen LogP contribution in [0.2, 0.25) is 0 Å². The molecular formula is C17H18FN5OS. The summed E-state index contributed by atoms with van der Waals surface area (Å²) in [5.41, 5.74) is 0. The van der Waals surface area contributed by atoms with Crippen molar-refractivity contribution >= 4 is 11.8 Å². The van der Waals surface area contributed by atoms with Gasteiger partial charge in [0.1, 0.15) is 12.4 Å². The molecule has 0 aliphatic carbocycles. The van der Waals surface area contributed by atoms with Crippen LogP contribution in [0.15, 0.2) is 54.5 Å². The van der Waals surface area contributed by atoms with E-state index in [1.54, 1.807) is 30.5 Å². The Morgan fingerprint density at radius 1 is 1.28 bits per heavy atom. The van der Waals surface area contributed by atoms with Gasteiger partial charge in [0.2, 0.25) is 0 Å². The largest absolute Gasteiger partial charge is 0.483 e. The van der Waals surface area contributed by atoms with Gasteiger partial charge in [0.05, 0.1) is 5.75 Å². The number of ether oxygens (including phenoxy) is 1. The van der Waals surface area contributed by atoms with E-state index in [1.807, 2.05) is 22.4 Å². The summed E-state index contributed by atoms with van der Waals surface area (Å²) in [6, 6.07) is 6.29. The molecule has 0 atom stereocenters. The Balaban J connectivity index is 1.71. The van der Waals surface area contributed by atoms with E-state index in [0.717, 1.165) is 11.0 Å². The van der Waals surface area contributed by atoms with Gasteiger partial charge in [-0.25, -0.2) is 9.37 Å². The Bertz CT molecular complexity index is 860. The van der Waals surface area contributed by atoms with E-state index in [2.05, 4.69) is 21.8 Å². The highest BCUT2D eigenvalue weighted by molar-refractivity contribution is 7.98. The molecule has 0 aliphatic rings. The van der Waals surface area contributed by atoms with Crippen molar-refractivity contribution < 1.29 is 9.13 Å². The van der Waals surface area contributed by atoms with Crippen molar-refractivity contribution in [1.82, 2.24) is 24.3 Å². The Hall–Kier alpha value is -2.61. The number of nitrogens with zero attached hydrogens (tertiary/aromatic N) is 5. The van der Waals surface area contributed by atoms with Crippen LogP contribution in [0.25, 0.3) is 0 Å². The van der Waals surface area contributed by atoms with Crippen molar-refractivity contribution in [2.24, 2.45) is 7.05 Å². The molecule has 0 bridgehead atoms. The van der Waals surface area contributed by atoms with Crippen LogP contribution in [0.5, 0.6) is 5.75 Å². The highest BCUT2D eigenvalue weighted by Gasteiger charge is 2.14. The maximum atomic E-state index is 13.7. The summed E-state index contributed by atoms with van der Waals surface area (Å²) in [4.78, 5) is 4.30. The quantitative estimate of drug-likeness (QED) is 0.457. The zero-order valence-corrected chi connectivity index (χ0v) is 14.6. The molecule has 0 unspecified atom stereocenters. The molecular weight excluding hydrogens is 341 g/mol. The molecule has 0 N–H and O–H groups in total. The first-order valence-corrected chi connectivity index (χ1v) is 8.67. The van der Waals surface area contributed by atoms with Gasteiger partial charge < -0.3 is 9.30 Å². The molecule has 0 spiro atoms. The third-order valence-electron chi connectivity index (χ3n) is 3.55. The summed E-state index contributed by atoms with van der Waals surface area (Å²) in [6.45, 7) is 4.45. The van der Waals surface area contributed by atoms with Gasteiger partial charge in [-0.2, -0.15) is 0 Å². The molecule has 25 heavy (non-hydrogen) atoms. The molecule has 3 rings (SSSR count). The Kier molecular flexibility index (Phi) is 5.49. The van der Waals surface area contributed by atoms with Crippen LogP contribution < -0.4 is 4.74 Å². The second kappa shape index (κ2) is 7.98. The number of allylic oxidation sites excluding steroid dienone is 1. The third-order valence-corrected chi connectivity index (χ3v) is 4.51. The minimum Gasteiger partial charge on any atom is -0.483 e. The lowest BCUT2D eigenvalue weighted by Gasteiger charge is -2.09. The standard InChI is InChI=1S/C17H18FN5OS/c1-3-9-23-15(11-24-14-7-5-4-6-13(14)18)20-21-17(23)25-12-16-19-8-10-22(16)2/h3-8,10H,1,9,11-12H2,2H3. The summed E-state index contributed by atoms with van der Waals surface area (Å²) in [5, 5.41) is 9.13. The minimum absolute atomic E-state index is 0.130. The number of para-hydroxylation sites is 1. The fourth-order valence-electron chi connectivity index (χ4n) is 2.21. The monoisotopic (exact) mass is 359 g/mol. The molecule has 0 fully saturated rings. The highest BCUT2D eigenvalue weighted by Crippen LogP contribution is 2.22. The van der Waals surface area contributed by atoms with E-state index in [1.165, 1.54) is 17.8 Å². The van der Waals surface area contributed by atoms with Crippen LogP contribution in [-0.4, -0.2) is 24.3 Å². The van der Waals surface area contributed by atoms with Crippen molar-refractivity contribution in [2.45, 2.75) is 24.1 Å². The van der Waals surface area contributed by atoms with Crippen molar-refractivity contribution in [3.8, 4) is 5.75 Å². The van der Waals surface area contributed by atoms with E-state index in [-0.39, 0.29) is 12.4 Å². The van der Waals surface area contributed by atoms with Crippen LogP contribution in [0.4, 0.5) is 4.39 Å². The lowest BCUT2D eigenvalue weighted by Crippen LogP contribution is -2.08. The van der Waals surface area contributed by atoms with E-state index in [9.17, 15) is 4.39 Å². The summed E-state index contributed by atoms with van der Waals surface area (Å²) >= 11 is 1.53. The van der Waals surface area contributed by atoms with Gasteiger partial charge in [-0.3, -0.25) is 4.57 Å². The molecule has 0 aliphatic heterocycles. The fraction of sp³-hybridized carbons (Fsp3) is 0.235. The van der Waals surface area contributed by atoms with Crippen LogP contribution in [0.1, 0.15) is 11.6 Å². The summed E-state index contributed by atoms with van der Waals surface area (Å²) in [5.74, 6) is 2.03. The molecule has 0 radical (unpaired) electrons. The lowest BCUT2D eigenvalue weighted by molar-refractivity contribution is 0.275. The van der Waals surface area contributed by atoms with Gasteiger partial charge in [-0.1, -0.05) is 30.0 Å². The van der Waals surface area contributed by atoms with Crippen LogP contribution in [0, 0.1) is 5.82 Å². The number of rotatable bonds is 8. The Labute approximate surface area is 149 Å². The number of imidazole rings is 1. The van der Waals surface area contributed by atoms with Crippen LogP contribution in [-0.2, 0) is 26.0 Å². The molecule has 0 saturated carbocycles. The van der Waals surface area contributed by atoms with Crippen molar-refractivity contribution in [3.05, 3.63) is 66.8 Å². The average molecular weight is 359 g/mol. The molecule has 1 aromatic carbocycles. The van der Waals surface area contributed by atoms with E-state index in [0.29, 0.717) is 18.1 Å². The Morgan fingerprint density at radius 2 is 2.12 bits per heavy atom. The molecule has 0 saturated heterocycles. The van der Waals surface area contributed by atoms with Gasteiger partial charge in [0.15, 0.2) is 22.5 Å². The molecule has 6 nitrogen and oxygen atoms in total. The van der Waals surface area contributed by atoms with Gasteiger partial charge in [0, 0.05) is 26.0 Å². The van der Waals surface area contributed by atoms with Gasteiger partial charge in [0.25, 0.3) is 0 Å². The topological polar surface area (TPSA) is 57.8 Å². The van der Waals surface area contributed by atoms with Crippen molar-refractivity contribution in [3.63, 3.8) is 0 Å². The molecule has 0 amide bonds. The zero-order valence-electron chi connectivity index (χ0n) is 13.8. The molecule has 8 heteroatoms. The molecule has 3 aromatic rings. The number of benzene rings is 1. The summed E-state index contributed by atoms with van der Waals surface area (Å²) < 4.78 is 23.1. The van der Waals surface area contributed by atoms with E-state index < -0.39 is 5.82 Å². The van der Waals surface area contributed by atoms with Gasteiger partial charge in [-0.15, -0.1) is 16.8 Å². The van der Waals surface area contributed by atoms with E-state index in [4.69, 9.17) is 4.74 Å². The zero-order chi connectivity index (χ0) is 17.6. The fourth-order valence-corrected chi connectivity index (χ4v) is 3.18. The lowest BCUT2D eigenvalue weighted by atomic mass is 10.3. The summed E-state index contributed by atoms with van der Waals surface area (Å²) in [7, 11) is 1.95. The smallest absolute Gasteiger partial charge is 0.192 e. The van der Waals surface area contributed by atoms with Crippen LogP contribution >= 0.6 is 11.8 Å². The SMILES string of the molecule is C=CCn1c(COc2ccccc2F)nnc1SCc1nccn1C. The van der Waals surface area contributed by atoms with Crippen LogP contribution in [0.3, 0.4) is 0 Å². The number of aromatic nitrogens is 5. The number of hydrogen-bond acceptors (Lipinski definition) is 5. The predicted molar refractivity (Wildman–Crippen MR) is 93.7 cm³/mol. The van der Waals surface area contributed by atoms with E-state index >= 15 is 0 Å². The van der Waals surface area contributed by atoms with Crippen molar-refractivity contribution in [2.75, 3.05) is 0 Å². The molecule has 2 aromatic heterocycles. The number of thioether (sulfide) groups is 1. The second-order valence-electron chi connectivity index (χ2n) is 5.26. The first-order valence-electron chi connectivity index (χ1n) is 7.68. The highest BCUT2D eigenvalue weighted by atomic mass is 32.2. The Morgan fingerprint density at radius 3 is 2.84 bits per heavy atom. The van der Waals surface area contributed by atoms with Gasteiger partial charge >= 0.3 is 0 Å². The number of halogens is 1. The first kappa shape index (κ1) is 17.2. The minimum atomic E-state index is -0.401. The number of aryl methyl sites for hydroxylation is 1. The third kappa shape index (κ3) is 4.08. The maximum absolute atomic E-state index is 13.7. The second-order valence-corrected chi connectivity index (χ2v) is 6.20. The van der Waals surface area contributed by atoms with Crippen molar-refractivity contribution in [1.29, 1.82) is 0 Å². The summed E-state index contributed by atoms with van der Waals surface area (Å²) in [6.07, 6.45) is 5.43.